The summed E-state index contributed by atoms with van der Waals surface area (Å²) in [7, 11) is 1.57. The fraction of sp³-hybridized carbons (Fsp3) is 0.176. The van der Waals surface area contributed by atoms with Crippen molar-refractivity contribution in [2.75, 3.05) is 7.11 Å². The number of methoxy groups -OCH3 is 1. The van der Waals surface area contributed by atoms with Gasteiger partial charge in [0.25, 0.3) is 0 Å². The third kappa shape index (κ3) is 3.34. The van der Waals surface area contributed by atoms with Gasteiger partial charge >= 0.3 is 0 Å². The zero-order chi connectivity index (χ0) is 17.1. The van der Waals surface area contributed by atoms with Crippen LogP contribution in [-0.2, 0) is 6.54 Å². The van der Waals surface area contributed by atoms with Crippen molar-refractivity contribution in [1.29, 1.82) is 0 Å². The molecule has 0 spiro atoms. The molecule has 7 heteroatoms. The number of nitrogens with zero attached hydrogens (tertiary/aromatic N) is 3. The van der Waals surface area contributed by atoms with E-state index in [4.69, 9.17) is 16.3 Å². The average Bonchev–Trinajstić information content (AvgIpc) is 2.93. The van der Waals surface area contributed by atoms with E-state index in [2.05, 4.69) is 10.3 Å². The highest BCUT2D eigenvalue weighted by Gasteiger charge is 2.16. The lowest BCUT2D eigenvalue weighted by atomic mass is 10.2. The van der Waals surface area contributed by atoms with E-state index in [0.29, 0.717) is 32.9 Å². The number of benzene rings is 2. The number of hydrogen-bond acceptors (Lipinski definition) is 5. The Morgan fingerprint density at radius 2 is 1.96 bits per heavy atom. The Hall–Kier alpha value is -2.18. The second kappa shape index (κ2) is 7.15. The highest BCUT2D eigenvalue weighted by molar-refractivity contribution is 7.99. The molecule has 0 unspecified atom stereocenters. The fourth-order valence-corrected chi connectivity index (χ4v) is 3.38. The van der Waals surface area contributed by atoms with Crippen LogP contribution in [0.2, 0.25) is 5.15 Å². The van der Waals surface area contributed by atoms with Crippen molar-refractivity contribution in [3.8, 4) is 11.5 Å². The normalized spacial score (nSPS) is 10.8. The van der Waals surface area contributed by atoms with Crippen LogP contribution in [0.1, 0.15) is 11.1 Å². The fourth-order valence-electron chi connectivity index (χ4n) is 2.27. The molecule has 0 amide bonds. The molecule has 1 heterocycles. The summed E-state index contributed by atoms with van der Waals surface area (Å²) in [6.45, 7) is 2.34. The number of phenols is 1. The molecule has 0 radical (unpaired) electrons. The molecule has 0 aliphatic rings. The maximum Gasteiger partial charge on any atom is 0.162 e. The maximum atomic E-state index is 10.3. The van der Waals surface area contributed by atoms with Gasteiger partial charge in [-0.1, -0.05) is 58.9 Å². The second-order valence-corrected chi connectivity index (χ2v) is 6.56. The van der Waals surface area contributed by atoms with Crippen LogP contribution in [0, 0.1) is 6.92 Å². The van der Waals surface area contributed by atoms with E-state index in [-0.39, 0.29) is 5.75 Å². The molecule has 0 fully saturated rings. The molecule has 1 N–H and O–H groups in total. The van der Waals surface area contributed by atoms with Crippen molar-refractivity contribution in [2.24, 2.45) is 0 Å². The molecule has 3 rings (SSSR count). The van der Waals surface area contributed by atoms with E-state index < -0.39 is 0 Å². The topological polar surface area (TPSA) is 60.2 Å². The molecule has 0 bridgehead atoms. The van der Waals surface area contributed by atoms with Crippen molar-refractivity contribution in [3.63, 3.8) is 0 Å². The van der Waals surface area contributed by atoms with Gasteiger partial charge < -0.3 is 9.84 Å². The highest BCUT2D eigenvalue weighted by Crippen LogP contribution is 2.40. The van der Waals surface area contributed by atoms with Crippen molar-refractivity contribution in [3.05, 3.63) is 58.7 Å². The van der Waals surface area contributed by atoms with Crippen LogP contribution in [0.25, 0.3) is 0 Å². The average molecular weight is 362 g/mol. The number of aromatic hydroxyl groups is 1. The first-order valence-electron chi connectivity index (χ1n) is 7.27. The van der Waals surface area contributed by atoms with Gasteiger partial charge in [-0.2, -0.15) is 0 Å². The lowest BCUT2D eigenvalue weighted by Crippen LogP contribution is -2.01. The Bertz CT molecular complexity index is 853. The summed E-state index contributed by atoms with van der Waals surface area (Å²) < 4.78 is 6.83. The van der Waals surface area contributed by atoms with Crippen LogP contribution >= 0.6 is 23.4 Å². The minimum Gasteiger partial charge on any atom is -0.506 e. The maximum absolute atomic E-state index is 10.3. The van der Waals surface area contributed by atoms with E-state index in [1.165, 1.54) is 11.8 Å². The first-order chi connectivity index (χ1) is 11.6. The largest absolute Gasteiger partial charge is 0.506 e. The predicted molar refractivity (Wildman–Crippen MR) is 94.1 cm³/mol. The van der Waals surface area contributed by atoms with Gasteiger partial charge in [0.1, 0.15) is 11.5 Å². The quantitative estimate of drug-likeness (QED) is 0.739. The van der Waals surface area contributed by atoms with E-state index >= 15 is 0 Å². The van der Waals surface area contributed by atoms with Crippen LogP contribution in [-0.4, -0.2) is 27.2 Å². The van der Waals surface area contributed by atoms with Gasteiger partial charge in [-0.3, -0.25) is 0 Å². The Balaban J connectivity index is 1.83. The molecule has 2 aromatic carbocycles. The molecule has 3 aromatic rings. The third-order valence-electron chi connectivity index (χ3n) is 3.59. The standard InChI is InChI=1S/C17H16ClN3O2S/c1-11-13(23-2)8-9-14(15(11)22)24-17-16(18)21(20-19-17)10-12-6-4-3-5-7-12/h3-9,22H,10H2,1-2H3. The predicted octanol–water partition coefficient (Wildman–Crippen LogP) is 4.15. The summed E-state index contributed by atoms with van der Waals surface area (Å²) in [5.74, 6) is 0.795. The van der Waals surface area contributed by atoms with Crippen LogP contribution < -0.4 is 4.74 Å². The SMILES string of the molecule is COc1ccc(Sc2nnn(Cc3ccccc3)c2Cl)c(O)c1C. The number of aromatic nitrogens is 3. The molecular formula is C17H16ClN3O2S. The van der Waals surface area contributed by atoms with Crippen molar-refractivity contribution >= 4 is 23.4 Å². The Labute approximate surface area is 149 Å². The van der Waals surface area contributed by atoms with Gasteiger partial charge in [0.05, 0.1) is 18.6 Å². The van der Waals surface area contributed by atoms with E-state index in [1.807, 2.05) is 30.3 Å². The monoisotopic (exact) mass is 361 g/mol. The molecule has 24 heavy (non-hydrogen) atoms. The van der Waals surface area contributed by atoms with Crippen molar-refractivity contribution in [1.82, 2.24) is 15.0 Å². The van der Waals surface area contributed by atoms with Crippen LogP contribution in [0.3, 0.4) is 0 Å². The number of ether oxygens (including phenoxy) is 1. The van der Waals surface area contributed by atoms with E-state index in [9.17, 15) is 5.11 Å². The molecule has 0 atom stereocenters. The molecule has 124 valence electrons. The Morgan fingerprint density at radius 3 is 2.67 bits per heavy atom. The first kappa shape index (κ1) is 16.7. The van der Waals surface area contributed by atoms with Crippen LogP contribution in [0.5, 0.6) is 11.5 Å². The van der Waals surface area contributed by atoms with Gasteiger partial charge in [-0.05, 0) is 24.6 Å². The lowest BCUT2D eigenvalue weighted by molar-refractivity contribution is 0.399. The lowest BCUT2D eigenvalue weighted by Gasteiger charge is -2.09. The number of phenolic OH excluding ortho intramolecular Hbond substituents is 1. The first-order valence-corrected chi connectivity index (χ1v) is 8.47. The Morgan fingerprint density at radius 1 is 1.21 bits per heavy atom. The summed E-state index contributed by atoms with van der Waals surface area (Å²) in [5.41, 5.74) is 1.76. The van der Waals surface area contributed by atoms with Gasteiger partial charge in [0, 0.05) is 5.56 Å². The molecule has 0 aliphatic carbocycles. The molecular weight excluding hydrogens is 346 g/mol. The summed E-state index contributed by atoms with van der Waals surface area (Å²) in [6.07, 6.45) is 0. The van der Waals surface area contributed by atoms with Crippen molar-refractivity contribution < 1.29 is 9.84 Å². The minimum atomic E-state index is 0.160. The molecule has 5 nitrogen and oxygen atoms in total. The molecule has 0 saturated heterocycles. The smallest absolute Gasteiger partial charge is 0.162 e. The molecule has 1 aromatic heterocycles. The zero-order valence-corrected chi connectivity index (χ0v) is 14.8. The highest BCUT2D eigenvalue weighted by atomic mass is 35.5. The van der Waals surface area contributed by atoms with Gasteiger partial charge in [-0.25, -0.2) is 4.68 Å². The van der Waals surface area contributed by atoms with Crippen LogP contribution in [0.4, 0.5) is 0 Å². The van der Waals surface area contributed by atoms with Crippen molar-refractivity contribution in [2.45, 2.75) is 23.4 Å². The second-order valence-electron chi connectivity index (χ2n) is 5.17. The van der Waals surface area contributed by atoms with Gasteiger partial charge in [0.2, 0.25) is 0 Å². The summed E-state index contributed by atoms with van der Waals surface area (Å²) >= 11 is 7.66. The minimum absolute atomic E-state index is 0.160. The number of rotatable bonds is 5. The molecule has 0 saturated carbocycles. The zero-order valence-electron chi connectivity index (χ0n) is 13.2. The summed E-state index contributed by atoms with van der Waals surface area (Å²) in [4.78, 5) is 0.655. The summed E-state index contributed by atoms with van der Waals surface area (Å²) in [6, 6.07) is 13.5. The van der Waals surface area contributed by atoms with Gasteiger partial charge in [-0.15, -0.1) is 5.10 Å². The van der Waals surface area contributed by atoms with Crippen LogP contribution in [0.15, 0.2) is 52.4 Å². The summed E-state index contributed by atoms with van der Waals surface area (Å²) in [5, 5.41) is 19.5. The number of halogens is 1. The number of hydrogen-bond donors (Lipinski definition) is 1. The van der Waals surface area contributed by atoms with E-state index in [1.54, 1.807) is 30.8 Å². The van der Waals surface area contributed by atoms with Gasteiger partial charge in [0.15, 0.2) is 10.2 Å². The molecule has 0 aliphatic heterocycles. The van der Waals surface area contributed by atoms with E-state index in [0.717, 1.165) is 5.56 Å². The Kier molecular flexibility index (Phi) is 4.97. The third-order valence-corrected chi connectivity index (χ3v) is 5.10.